The van der Waals surface area contributed by atoms with Gasteiger partial charge in [-0.1, -0.05) is 6.07 Å². The van der Waals surface area contributed by atoms with Gasteiger partial charge in [0.15, 0.2) is 0 Å². The number of morpholine rings is 1. The summed E-state index contributed by atoms with van der Waals surface area (Å²) >= 11 is 0. The quantitative estimate of drug-likeness (QED) is 0.788. The van der Waals surface area contributed by atoms with Gasteiger partial charge in [0.1, 0.15) is 11.5 Å². The molecule has 1 amide bonds. The van der Waals surface area contributed by atoms with E-state index in [0.717, 1.165) is 0 Å². The Morgan fingerprint density at radius 1 is 1.07 bits per heavy atom. The maximum absolute atomic E-state index is 12.9. The topological polar surface area (TPSA) is 94.2 Å². The lowest BCUT2D eigenvalue weighted by molar-refractivity contribution is 0.0730. The monoisotopic (exact) mass is 406 g/mol. The van der Waals surface area contributed by atoms with E-state index in [2.05, 4.69) is 5.32 Å². The first-order chi connectivity index (χ1) is 13.5. The van der Waals surface area contributed by atoms with E-state index in [1.165, 1.54) is 36.7 Å². The Bertz CT molecular complexity index is 955. The zero-order chi connectivity index (χ0) is 20.1. The third-order valence-electron chi connectivity index (χ3n) is 4.35. The number of methoxy groups -OCH3 is 2. The highest BCUT2D eigenvalue weighted by atomic mass is 32.2. The average Bonchev–Trinajstić information content (AvgIpc) is 2.74. The second-order valence-electron chi connectivity index (χ2n) is 6.06. The highest BCUT2D eigenvalue weighted by Crippen LogP contribution is 2.26. The van der Waals surface area contributed by atoms with Crippen LogP contribution in [0, 0.1) is 0 Å². The summed E-state index contributed by atoms with van der Waals surface area (Å²) in [5, 5.41) is 2.74. The van der Waals surface area contributed by atoms with Gasteiger partial charge in [0, 0.05) is 24.8 Å². The highest BCUT2D eigenvalue weighted by molar-refractivity contribution is 7.89. The molecule has 0 saturated carbocycles. The van der Waals surface area contributed by atoms with Crippen LogP contribution >= 0.6 is 0 Å². The van der Waals surface area contributed by atoms with Crippen LogP contribution in [0.5, 0.6) is 11.5 Å². The molecule has 2 aromatic carbocycles. The van der Waals surface area contributed by atoms with E-state index in [1.54, 1.807) is 24.3 Å². The summed E-state index contributed by atoms with van der Waals surface area (Å²) in [6.45, 7) is 1.25. The Hall–Kier alpha value is -2.62. The van der Waals surface area contributed by atoms with Crippen LogP contribution in [0.25, 0.3) is 0 Å². The maximum Gasteiger partial charge on any atom is 0.259 e. The van der Waals surface area contributed by atoms with Gasteiger partial charge in [-0.15, -0.1) is 0 Å². The van der Waals surface area contributed by atoms with Gasteiger partial charge in [0.25, 0.3) is 5.91 Å². The van der Waals surface area contributed by atoms with Crippen LogP contribution < -0.4 is 14.8 Å². The minimum atomic E-state index is -3.73. The summed E-state index contributed by atoms with van der Waals surface area (Å²) in [4.78, 5) is 12.8. The number of nitrogens with one attached hydrogen (secondary N) is 1. The van der Waals surface area contributed by atoms with Crippen molar-refractivity contribution in [2.75, 3.05) is 45.8 Å². The van der Waals surface area contributed by atoms with Gasteiger partial charge in [0.2, 0.25) is 10.0 Å². The third kappa shape index (κ3) is 4.27. The van der Waals surface area contributed by atoms with Gasteiger partial charge >= 0.3 is 0 Å². The van der Waals surface area contributed by atoms with Crippen molar-refractivity contribution in [2.45, 2.75) is 4.90 Å². The number of carbonyl (C=O) groups is 1. The van der Waals surface area contributed by atoms with Gasteiger partial charge in [-0.25, -0.2) is 8.42 Å². The molecule has 0 spiro atoms. The van der Waals surface area contributed by atoms with Crippen molar-refractivity contribution in [3.05, 3.63) is 48.0 Å². The number of rotatable bonds is 6. The predicted molar refractivity (Wildman–Crippen MR) is 104 cm³/mol. The minimum absolute atomic E-state index is 0.0333. The lowest BCUT2D eigenvalue weighted by Crippen LogP contribution is -2.40. The zero-order valence-corrected chi connectivity index (χ0v) is 16.5. The fourth-order valence-corrected chi connectivity index (χ4v) is 4.29. The van der Waals surface area contributed by atoms with Crippen LogP contribution in [-0.4, -0.2) is 59.2 Å². The van der Waals surface area contributed by atoms with Crippen molar-refractivity contribution < 1.29 is 27.4 Å². The van der Waals surface area contributed by atoms with Crippen molar-refractivity contribution >= 4 is 21.6 Å². The lowest BCUT2D eigenvalue weighted by atomic mass is 10.2. The molecule has 1 fully saturated rings. The van der Waals surface area contributed by atoms with Crippen molar-refractivity contribution in [1.29, 1.82) is 0 Å². The van der Waals surface area contributed by atoms with E-state index in [0.29, 0.717) is 24.7 Å². The van der Waals surface area contributed by atoms with Crippen molar-refractivity contribution in [2.24, 2.45) is 0 Å². The summed E-state index contributed by atoms with van der Waals surface area (Å²) in [5.74, 6) is 0.388. The average molecular weight is 406 g/mol. The molecule has 1 aliphatic heterocycles. The first-order valence-corrected chi connectivity index (χ1v) is 10.1. The minimum Gasteiger partial charge on any atom is -0.497 e. The lowest BCUT2D eigenvalue weighted by Gasteiger charge is -2.26. The smallest absolute Gasteiger partial charge is 0.259 e. The molecular formula is C19H22N2O6S. The number of carbonyl (C=O) groups excluding carboxylic acids is 1. The molecule has 0 unspecified atom stereocenters. The number of amides is 1. The predicted octanol–water partition coefficient (Wildman–Crippen LogP) is 1.98. The molecule has 0 radical (unpaired) electrons. The summed E-state index contributed by atoms with van der Waals surface area (Å²) in [5.41, 5.74) is 0.646. The molecule has 1 N–H and O–H groups in total. The Morgan fingerprint density at radius 2 is 1.82 bits per heavy atom. The fraction of sp³-hybridized carbons (Fsp3) is 0.316. The zero-order valence-electron chi connectivity index (χ0n) is 15.7. The second-order valence-corrected chi connectivity index (χ2v) is 8.00. The van der Waals surface area contributed by atoms with Crippen molar-refractivity contribution in [3.63, 3.8) is 0 Å². The molecule has 0 atom stereocenters. The third-order valence-corrected chi connectivity index (χ3v) is 6.25. The summed E-state index contributed by atoms with van der Waals surface area (Å²) < 4.78 is 42.7. The number of benzene rings is 2. The molecule has 2 aromatic rings. The highest BCUT2D eigenvalue weighted by Gasteiger charge is 2.28. The first kappa shape index (κ1) is 20.1. The summed E-state index contributed by atoms with van der Waals surface area (Å²) in [7, 11) is -0.773. The van der Waals surface area contributed by atoms with Gasteiger partial charge in [-0.2, -0.15) is 4.31 Å². The van der Waals surface area contributed by atoms with Crippen LogP contribution in [0.3, 0.4) is 0 Å². The SMILES string of the molecule is COc1cccc(NC(=O)c2cc(S(=O)(=O)N3CCOCC3)ccc2OC)c1. The Morgan fingerprint density at radius 3 is 2.50 bits per heavy atom. The number of sulfonamides is 1. The first-order valence-electron chi connectivity index (χ1n) is 8.67. The molecule has 9 heteroatoms. The molecule has 0 aromatic heterocycles. The molecule has 1 heterocycles. The molecule has 1 aliphatic rings. The van der Waals surface area contributed by atoms with E-state index < -0.39 is 15.9 Å². The van der Waals surface area contributed by atoms with Gasteiger partial charge < -0.3 is 19.5 Å². The molecule has 150 valence electrons. The van der Waals surface area contributed by atoms with E-state index in [-0.39, 0.29) is 29.3 Å². The van der Waals surface area contributed by atoms with Crippen LogP contribution in [0.2, 0.25) is 0 Å². The number of ether oxygens (including phenoxy) is 3. The van der Waals surface area contributed by atoms with Crippen molar-refractivity contribution in [1.82, 2.24) is 4.31 Å². The molecule has 1 saturated heterocycles. The molecule has 0 bridgehead atoms. The van der Waals surface area contributed by atoms with Gasteiger partial charge in [-0.3, -0.25) is 4.79 Å². The maximum atomic E-state index is 12.9. The van der Waals surface area contributed by atoms with E-state index in [1.807, 2.05) is 0 Å². The molecule has 0 aliphatic carbocycles. The summed E-state index contributed by atoms with van der Waals surface area (Å²) in [6, 6.07) is 11.1. The van der Waals surface area contributed by atoms with Crippen LogP contribution in [-0.2, 0) is 14.8 Å². The number of hydrogen-bond acceptors (Lipinski definition) is 6. The largest absolute Gasteiger partial charge is 0.497 e. The molecule has 3 rings (SSSR count). The molecular weight excluding hydrogens is 384 g/mol. The van der Waals surface area contributed by atoms with Gasteiger partial charge in [0.05, 0.1) is 37.9 Å². The summed E-state index contributed by atoms with van der Waals surface area (Å²) in [6.07, 6.45) is 0. The Kier molecular flexibility index (Phi) is 6.18. The van der Waals surface area contributed by atoms with E-state index >= 15 is 0 Å². The van der Waals surface area contributed by atoms with Crippen LogP contribution in [0.15, 0.2) is 47.4 Å². The standard InChI is InChI=1S/C19H22N2O6S/c1-25-15-5-3-4-14(12-15)20-19(22)17-13-16(6-7-18(17)26-2)28(23,24)21-8-10-27-11-9-21/h3-7,12-13H,8-11H2,1-2H3,(H,20,22). The Balaban J connectivity index is 1.91. The molecule has 28 heavy (non-hydrogen) atoms. The van der Waals surface area contributed by atoms with Crippen molar-refractivity contribution in [3.8, 4) is 11.5 Å². The van der Waals surface area contributed by atoms with E-state index in [4.69, 9.17) is 14.2 Å². The fourth-order valence-electron chi connectivity index (χ4n) is 2.86. The van der Waals surface area contributed by atoms with E-state index in [9.17, 15) is 13.2 Å². The van der Waals surface area contributed by atoms with Crippen LogP contribution in [0.4, 0.5) is 5.69 Å². The normalized spacial score (nSPS) is 15.1. The second kappa shape index (κ2) is 8.59. The number of hydrogen-bond donors (Lipinski definition) is 1. The number of anilines is 1. The molecule has 8 nitrogen and oxygen atoms in total. The van der Waals surface area contributed by atoms with Crippen LogP contribution in [0.1, 0.15) is 10.4 Å². The van der Waals surface area contributed by atoms with Gasteiger partial charge in [-0.05, 0) is 30.3 Å². The Labute approximate surface area is 164 Å². The number of nitrogens with zero attached hydrogens (tertiary/aromatic N) is 1.